The molecule has 8 nitrogen and oxygen atoms in total. The van der Waals surface area contributed by atoms with Crippen molar-refractivity contribution in [3.63, 3.8) is 0 Å². The lowest BCUT2D eigenvalue weighted by atomic mass is 10.2. The first-order valence-electron chi connectivity index (χ1n) is 6.08. The fraction of sp³-hybridized carbons (Fsp3) is 0.500. The number of carboxylic acids is 1. The second kappa shape index (κ2) is 6.69. The summed E-state index contributed by atoms with van der Waals surface area (Å²) in [6, 6.07) is 2.43. The van der Waals surface area contributed by atoms with E-state index in [2.05, 4.69) is 4.98 Å². The van der Waals surface area contributed by atoms with Gasteiger partial charge in [0.1, 0.15) is 6.54 Å². The largest absolute Gasteiger partial charge is 0.481 e. The van der Waals surface area contributed by atoms with E-state index in [-0.39, 0.29) is 30.0 Å². The van der Waals surface area contributed by atoms with Crippen LogP contribution in [-0.4, -0.2) is 40.7 Å². The minimum absolute atomic E-state index is 0.00565. The number of rotatable bonds is 7. The standard InChI is InChI=1S/C12H17N3O5/c1-4-8(2)14(7-11(16)17)12-9(15(18)19)5-6-10(13-12)20-3/h5-6,8H,4,7H2,1-3H3,(H,16,17). The first-order valence-corrected chi connectivity index (χ1v) is 6.08. The lowest BCUT2D eigenvalue weighted by Gasteiger charge is -2.27. The lowest BCUT2D eigenvalue weighted by Crippen LogP contribution is -2.38. The molecule has 0 fully saturated rings. The van der Waals surface area contributed by atoms with Crippen molar-refractivity contribution in [3.8, 4) is 5.88 Å². The fourth-order valence-corrected chi connectivity index (χ4v) is 1.70. The Bertz CT molecular complexity index is 506. The van der Waals surface area contributed by atoms with Crippen molar-refractivity contribution in [2.75, 3.05) is 18.6 Å². The van der Waals surface area contributed by atoms with E-state index in [1.165, 1.54) is 24.1 Å². The van der Waals surface area contributed by atoms with Crippen molar-refractivity contribution in [2.24, 2.45) is 0 Å². The Kier molecular flexibility index (Phi) is 5.24. The third-order valence-corrected chi connectivity index (χ3v) is 2.94. The molecule has 0 aliphatic heterocycles. The van der Waals surface area contributed by atoms with Gasteiger partial charge in [-0.2, -0.15) is 4.98 Å². The Morgan fingerprint density at radius 3 is 2.70 bits per heavy atom. The number of methoxy groups -OCH3 is 1. The van der Waals surface area contributed by atoms with Gasteiger partial charge < -0.3 is 14.7 Å². The van der Waals surface area contributed by atoms with E-state index >= 15 is 0 Å². The van der Waals surface area contributed by atoms with E-state index in [0.717, 1.165) is 0 Å². The zero-order chi connectivity index (χ0) is 15.3. The molecule has 20 heavy (non-hydrogen) atoms. The molecule has 1 aromatic heterocycles. The molecular formula is C12H17N3O5. The topological polar surface area (TPSA) is 106 Å². The number of hydrogen-bond acceptors (Lipinski definition) is 6. The summed E-state index contributed by atoms with van der Waals surface area (Å²) in [6.07, 6.45) is 0.628. The van der Waals surface area contributed by atoms with Crippen molar-refractivity contribution in [3.05, 3.63) is 22.2 Å². The molecule has 110 valence electrons. The summed E-state index contributed by atoms with van der Waals surface area (Å²) in [5.41, 5.74) is -0.243. The molecule has 1 atom stereocenters. The first-order chi connectivity index (χ1) is 9.40. The highest BCUT2D eigenvalue weighted by molar-refractivity contribution is 5.75. The van der Waals surface area contributed by atoms with Crippen molar-refractivity contribution in [1.82, 2.24) is 4.98 Å². The van der Waals surface area contributed by atoms with Gasteiger partial charge >= 0.3 is 11.7 Å². The zero-order valence-corrected chi connectivity index (χ0v) is 11.6. The van der Waals surface area contributed by atoms with Crippen molar-refractivity contribution in [2.45, 2.75) is 26.3 Å². The fourth-order valence-electron chi connectivity index (χ4n) is 1.70. The van der Waals surface area contributed by atoms with Gasteiger partial charge in [-0.3, -0.25) is 14.9 Å². The van der Waals surface area contributed by atoms with Crippen molar-refractivity contribution in [1.29, 1.82) is 0 Å². The summed E-state index contributed by atoms with van der Waals surface area (Å²) in [6.45, 7) is 3.29. The Morgan fingerprint density at radius 1 is 1.60 bits per heavy atom. The molecule has 0 saturated carbocycles. The highest BCUT2D eigenvalue weighted by Crippen LogP contribution is 2.30. The van der Waals surface area contributed by atoms with E-state index in [1.807, 2.05) is 6.92 Å². The molecule has 0 saturated heterocycles. The molecule has 1 rings (SSSR count). The molecule has 1 N–H and O–H groups in total. The summed E-state index contributed by atoms with van der Waals surface area (Å²) >= 11 is 0. The molecule has 0 bridgehead atoms. The van der Waals surface area contributed by atoms with Crippen LogP contribution in [0, 0.1) is 10.1 Å². The summed E-state index contributed by atoms with van der Waals surface area (Å²) < 4.78 is 4.95. The average Bonchev–Trinajstić information content (AvgIpc) is 2.42. The highest BCUT2D eigenvalue weighted by Gasteiger charge is 2.26. The normalized spacial score (nSPS) is 11.8. The van der Waals surface area contributed by atoms with Gasteiger partial charge in [-0.1, -0.05) is 6.92 Å². The monoisotopic (exact) mass is 283 g/mol. The molecule has 1 aromatic rings. The number of carboxylic acid groups (broad SMARTS) is 1. The molecule has 8 heteroatoms. The van der Waals surface area contributed by atoms with Crippen LogP contribution in [0.5, 0.6) is 5.88 Å². The zero-order valence-electron chi connectivity index (χ0n) is 11.6. The number of aromatic nitrogens is 1. The molecule has 1 unspecified atom stereocenters. The molecule has 0 aliphatic carbocycles. The minimum Gasteiger partial charge on any atom is -0.481 e. The second-order valence-electron chi connectivity index (χ2n) is 4.23. The molecule has 0 amide bonds. The Hall–Kier alpha value is -2.38. The third-order valence-electron chi connectivity index (χ3n) is 2.94. The Labute approximate surface area is 116 Å². The van der Waals surface area contributed by atoms with Crippen molar-refractivity contribution >= 4 is 17.5 Å². The van der Waals surface area contributed by atoms with Crippen LogP contribution < -0.4 is 9.64 Å². The maximum absolute atomic E-state index is 11.1. The number of pyridine rings is 1. The molecule has 0 radical (unpaired) electrons. The maximum Gasteiger partial charge on any atom is 0.323 e. The van der Waals surface area contributed by atoms with E-state index < -0.39 is 10.9 Å². The Morgan fingerprint density at radius 2 is 2.25 bits per heavy atom. The molecular weight excluding hydrogens is 266 g/mol. The van der Waals surface area contributed by atoms with E-state index in [9.17, 15) is 14.9 Å². The SMILES string of the molecule is CCC(C)N(CC(=O)O)c1nc(OC)ccc1[N+](=O)[O-]. The van der Waals surface area contributed by atoms with Crippen LogP contribution in [0.15, 0.2) is 12.1 Å². The molecule has 0 aromatic carbocycles. The number of aliphatic carboxylic acids is 1. The highest BCUT2D eigenvalue weighted by atomic mass is 16.6. The second-order valence-corrected chi connectivity index (χ2v) is 4.23. The quantitative estimate of drug-likeness (QED) is 0.599. The first kappa shape index (κ1) is 15.7. The van der Waals surface area contributed by atoms with Crippen LogP contribution in [0.1, 0.15) is 20.3 Å². The van der Waals surface area contributed by atoms with E-state index in [0.29, 0.717) is 6.42 Å². The maximum atomic E-state index is 11.1. The number of ether oxygens (including phenoxy) is 1. The Balaban J connectivity index is 3.34. The predicted octanol–water partition coefficient (Wildman–Crippen LogP) is 1.69. The predicted molar refractivity (Wildman–Crippen MR) is 72.2 cm³/mol. The molecule has 0 aliphatic rings. The number of anilines is 1. The number of carbonyl (C=O) groups is 1. The lowest BCUT2D eigenvalue weighted by molar-refractivity contribution is -0.384. The number of hydrogen-bond donors (Lipinski definition) is 1. The summed E-state index contributed by atoms with van der Waals surface area (Å²) in [5.74, 6) is -0.875. The van der Waals surface area contributed by atoms with Gasteiger partial charge in [0, 0.05) is 18.2 Å². The summed E-state index contributed by atoms with van der Waals surface area (Å²) in [7, 11) is 1.39. The van der Waals surface area contributed by atoms with Gasteiger partial charge in [0.15, 0.2) is 0 Å². The average molecular weight is 283 g/mol. The van der Waals surface area contributed by atoms with Crippen LogP contribution in [-0.2, 0) is 4.79 Å². The number of nitrogens with zero attached hydrogens (tertiary/aromatic N) is 3. The van der Waals surface area contributed by atoms with Gasteiger partial charge in [0.25, 0.3) is 0 Å². The number of nitro groups is 1. The van der Waals surface area contributed by atoms with Gasteiger partial charge in [-0.15, -0.1) is 0 Å². The van der Waals surface area contributed by atoms with Crippen LogP contribution in [0.25, 0.3) is 0 Å². The van der Waals surface area contributed by atoms with E-state index in [4.69, 9.17) is 9.84 Å². The van der Waals surface area contributed by atoms with Crippen LogP contribution in [0.4, 0.5) is 11.5 Å². The van der Waals surface area contributed by atoms with Crippen LogP contribution >= 0.6 is 0 Å². The van der Waals surface area contributed by atoms with Crippen LogP contribution in [0.3, 0.4) is 0 Å². The van der Waals surface area contributed by atoms with Gasteiger partial charge in [0.05, 0.1) is 12.0 Å². The molecule has 1 heterocycles. The van der Waals surface area contributed by atoms with Gasteiger partial charge in [0.2, 0.25) is 11.7 Å². The smallest absolute Gasteiger partial charge is 0.323 e. The van der Waals surface area contributed by atoms with Gasteiger partial charge in [-0.25, -0.2) is 0 Å². The van der Waals surface area contributed by atoms with E-state index in [1.54, 1.807) is 6.92 Å². The van der Waals surface area contributed by atoms with Crippen LogP contribution in [0.2, 0.25) is 0 Å². The minimum atomic E-state index is -1.08. The third kappa shape index (κ3) is 3.56. The van der Waals surface area contributed by atoms with Gasteiger partial charge in [-0.05, 0) is 13.3 Å². The molecule has 0 spiro atoms. The summed E-state index contributed by atoms with van der Waals surface area (Å²) in [5, 5.41) is 20.0. The summed E-state index contributed by atoms with van der Waals surface area (Å²) in [4.78, 5) is 26.9. The van der Waals surface area contributed by atoms with Crippen molar-refractivity contribution < 1.29 is 19.6 Å².